The third-order valence-electron chi connectivity index (χ3n) is 1.73. The molecule has 0 aliphatic heterocycles. The van der Waals surface area contributed by atoms with E-state index in [1.54, 1.807) is 6.92 Å². The first kappa shape index (κ1) is 12.8. The topological polar surface area (TPSA) is 63.1 Å². The number of carboxylic acids is 1. The number of hydrogen-bond donors (Lipinski definition) is 1. The number of alkyl halides is 2. The maximum atomic E-state index is 12.0. The summed E-state index contributed by atoms with van der Waals surface area (Å²) in [5.41, 5.74) is 0.188. The van der Waals surface area contributed by atoms with Crippen LogP contribution in [0.3, 0.4) is 0 Å². The number of thioether (sulfide) groups is 1. The van der Waals surface area contributed by atoms with E-state index in [1.807, 2.05) is 0 Å². The zero-order valence-corrected chi connectivity index (χ0v) is 9.52. The average molecular weight is 248 g/mol. The molecule has 4 nitrogen and oxygen atoms in total. The summed E-state index contributed by atoms with van der Waals surface area (Å²) in [6.07, 6.45) is -2.50. The molecule has 0 aliphatic carbocycles. The Hall–Kier alpha value is -1.24. The zero-order chi connectivity index (χ0) is 12.3. The molecule has 0 bridgehead atoms. The van der Waals surface area contributed by atoms with Crippen LogP contribution < -0.4 is 0 Å². The van der Waals surface area contributed by atoms with Crippen LogP contribution in [0.25, 0.3) is 0 Å². The molecule has 0 spiro atoms. The molecule has 0 radical (unpaired) electrons. The van der Waals surface area contributed by atoms with Crippen molar-refractivity contribution in [3.8, 4) is 0 Å². The lowest BCUT2D eigenvalue weighted by atomic mass is 10.2. The number of aromatic carboxylic acids is 1. The summed E-state index contributed by atoms with van der Waals surface area (Å²) in [4.78, 5) is 18.7. The van der Waals surface area contributed by atoms with Crippen LogP contribution >= 0.6 is 11.8 Å². The third kappa shape index (κ3) is 3.13. The normalized spacial score (nSPS) is 10.8. The van der Waals surface area contributed by atoms with Crippen molar-refractivity contribution < 1.29 is 18.7 Å². The van der Waals surface area contributed by atoms with Gasteiger partial charge in [-0.2, -0.15) is 0 Å². The molecule has 88 valence electrons. The molecule has 0 aliphatic rings. The van der Waals surface area contributed by atoms with E-state index in [9.17, 15) is 13.6 Å². The van der Waals surface area contributed by atoms with Crippen LogP contribution in [0, 0.1) is 13.8 Å². The second-order valence-electron chi connectivity index (χ2n) is 3.04. The summed E-state index contributed by atoms with van der Waals surface area (Å²) in [6, 6.07) is 0. The first-order chi connectivity index (χ1) is 7.41. The van der Waals surface area contributed by atoms with Crippen LogP contribution in [0.5, 0.6) is 0 Å². The predicted octanol–water partition coefficient (Wildman–Crippen LogP) is 2.15. The maximum absolute atomic E-state index is 12.0. The Morgan fingerprint density at radius 3 is 2.56 bits per heavy atom. The Kier molecular flexibility index (Phi) is 4.17. The molecular weight excluding hydrogens is 238 g/mol. The highest BCUT2D eigenvalue weighted by Gasteiger charge is 2.18. The molecule has 16 heavy (non-hydrogen) atoms. The minimum atomic E-state index is -2.50. The van der Waals surface area contributed by atoms with Crippen molar-refractivity contribution in [2.75, 3.05) is 5.75 Å². The van der Waals surface area contributed by atoms with Gasteiger partial charge >= 0.3 is 5.97 Å². The predicted molar refractivity (Wildman–Crippen MR) is 55.2 cm³/mol. The van der Waals surface area contributed by atoms with Crippen molar-refractivity contribution in [1.29, 1.82) is 0 Å². The summed E-state index contributed by atoms with van der Waals surface area (Å²) in [6.45, 7) is 3.11. The highest BCUT2D eigenvalue weighted by Crippen LogP contribution is 2.24. The molecule has 0 saturated heterocycles. The molecule has 1 heterocycles. The number of rotatable bonds is 4. The van der Waals surface area contributed by atoms with E-state index in [2.05, 4.69) is 9.97 Å². The monoisotopic (exact) mass is 248 g/mol. The molecule has 0 unspecified atom stereocenters. The van der Waals surface area contributed by atoms with E-state index >= 15 is 0 Å². The van der Waals surface area contributed by atoms with Gasteiger partial charge in [-0.15, -0.1) is 0 Å². The fourth-order valence-corrected chi connectivity index (χ4v) is 2.03. The number of aryl methyl sites for hydroxylation is 2. The minimum Gasteiger partial charge on any atom is -0.478 e. The molecule has 1 aromatic heterocycles. The lowest BCUT2D eigenvalue weighted by Crippen LogP contribution is -2.09. The first-order valence-corrected chi connectivity index (χ1v) is 5.40. The van der Waals surface area contributed by atoms with Gasteiger partial charge in [0.15, 0.2) is 0 Å². The summed E-state index contributed by atoms with van der Waals surface area (Å²) in [7, 11) is 0. The highest BCUT2D eigenvalue weighted by molar-refractivity contribution is 7.99. The highest BCUT2D eigenvalue weighted by atomic mass is 32.2. The Balaban J connectivity index is 3.09. The Labute approximate surface area is 95.1 Å². The Morgan fingerprint density at radius 1 is 1.44 bits per heavy atom. The van der Waals surface area contributed by atoms with Crippen molar-refractivity contribution >= 4 is 17.7 Å². The summed E-state index contributed by atoms with van der Waals surface area (Å²) in [5.74, 6) is -1.30. The Bertz CT molecular complexity index is 413. The molecular formula is C9H10F2N2O2S. The smallest absolute Gasteiger partial charge is 0.340 e. The lowest BCUT2D eigenvalue weighted by molar-refractivity contribution is 0.0690. The Morgan fingerprint density at radius 2 is 2.06 bits per heavy atom. The van der Waals surface area contributed by atoms with E-state index in [4.69, 9.17) is 5.11 Å². The van der Waals surface area contributed by atoms with Gasteiger partial charge in [-0.25, -0.2) is 23.5 Å². The number of carboxylic acid groups (broad SMARTS) is 1. The molecule has 7 heteroatoms. The second kappa shape index (κ2) is 5.20. The molecule has 0 fully saturated rings. The van der Waals surface area contributed by atoms with Gasteiger partial charge in [-0.1, -0.05) is 11.8 Å². The van der Waals surface area contributed by atoms with Gasteiger partial charge in [0.2, 0.25) is 6.43 Å². The van der Waals surface area contributed by atoms with Gasteiger partial charge < -0.3 is 5.11 Å². The lowest BCUT2D eigenvalue weighted by Gasteiger charge is -2.07. The second-order valence-corrected chi connectivity index (χ2v) is 4.05. The average Bonchev–Trinajstić information content (AvgIpc) is 2.12. The van der Waals surface area contributed by atoms with Gasteiger partial charge in [-0.05, 0) is 13.8 Å². The number of hydrogen-bond acceptors (Lipinski definition) is 4. The molecule has 1 aromatic rings. The fourth-order valence-electron chi connectivity index (χ4n) is 1.17. The summed E-state index contributed by atoms with van der Waals surface area (Å²) >= 11 is 0.730. The number of aromatic nitrogens is 2. The number of nitrogens with zero attached hydrogens (tertiary/aromatic N) is 2. The van der Waals surface area contributed by atoms with Gasteiger partial charge in [0.25, 0.3) is 0 Å². The van der Waals surface area contributed by atoms with Crippen LogP contribution in [-0.4, -0.2) is 33.2 Å². The van der Waals surface area contributed by atoms with Crippen molar-refractivity contribution in [1.82, 2.24) is 9.97 Å². The van der Waals surface area contributed by atoms with E-state index in [1.165, 1.54) is 6.92 Å². The zero-order valence-electron chi connectivity index (χ0n) is 8.70. The van der Waals surface area contributed by atoms with Crippen LogP contribution in [0.1, 0.15) is 21.9 Å². The standard InChI is InChI=1S/C9H10F2N2O2S/c1-4-7(9(14)15)8(13-5(2)12-4)16-3-6(10)11/h6H,3H2,1-2H3,(H,14,15). The molecule has 0 saturated carbocycles. The van der Waals surface area contributed by atoms with Crippen LogP contribution in [0.4, 0.5) is 8.78 Å². The van der Waals surface area contributed by atoms with Crippen LogP contribution in [-0.2, 0) is 0 Å². The largest absolute Gasteiger partial charge is 0.478 e. The van der Waals surface area contributed by atoms with E-state index in [0.29, 0.717) is 5.82 Å². The molecule has 0 amide bonds. The number of carbonyl (C=O) groups is 1. The van der Waals surface area contributed by atoms with Crippen molar-refractivity contribution in [2.24, 2.45) is 0 Å². The molecule has 0 aromatic carbocycles. The van der Waals surface area contributed by atoms with E-state index in [-0.39, 0.29) is 16.3 Å². The van der Waals surface area contributed by atoms with Crippen molar-refractivity contribution in [3.05, 3.63) is 17.1 Å². The van der Waals surface area contributed by atoms with Gasteiger partial charge in [0, 0.05) is 0 Å². The minimum absolute atomic E-state index is 0.0952. The molecule has 1 rings (SSSR count). The van der Waals surface area contributed by atoms with Gasteiger partial charge in [-0.3, -0.25) is 0 Å². The maximum Gasteiger partial charge on any atom is 0.340 e. The van der Waals surface area contributed by atoms with E-state index in [0.717, 1.165) is 11.8 Å². The van der Waals surface area contributed by atoms with Crippen LogP contribution in [0.15, 0.2) is 5.03 Å². The van der Waals surface area contributed by atoms with Crippen molar-refractivity contribution in [2.45, 2.75) is 25.3 Å². The molecule has 1 N–H and O–H groups in total. The van der Waals surface area contributed by atoms with Gasteiger partial charge in [0.1, 0.15) is 16.4 Å². The first-order valence-electron chi connectivity index (χ1n) is 4.41. The summed E-state index contributed by atoms with van der Waals surface area (Å²) in [5, 5.41) is 9.02. The van der Waals surface area contributed by atoms with Crippen LogP contribution in [0.2, 0.25) is 0 Å². The van der Waals surface area contributed by atoms with Crippen molar-refractivity contribution in [3.63, 3.8) is 0 Å². The number of halogens is 2. The SMILES string of the molecule is Cc1nc(C)c(C(=O)O)c(SCC(F)F)n1. The fraction of sp³-hybridized carbons (Fsp3) is 0.444. The third-order valence-corrected chi connectivity index (χ3v) is 2.72. The van der Waals surface area contributed by atoms with Gasteiger partial charge in [0.05, 0.1) is 11.4 Å². The van der Waals surface area contributed by atoms with E-state index < -0.39 is 18.1 Å². The molecule has 0 atom stereocenters. The quantitative estimate of drug-likeness (QED) is 0.653. The summed E-state index contributed by atoms with van der Waals surface area (Å²) < 4.78 is 24.1.